The number of halogens is 1. The summed E-state index contributed by atoms with van der Waals surface area (Å²) in [6, 6.07) is 7.64. The first-order chi connectivity index (χ1) is 11.9. The molecule has 1 aromatic carbocycles. The van der Waals surface area contributed by atoms with Gasteiger partial charge in [0, 0.05) is 12.5 Å². The van der Waals surface area contributed by atoms with E-state index in [1.165, 1.54) is 12.1 Å². The van der Waals surface area contributed by atoms with Gasteiger partial charge in [-0.2, -0.15) is 0 Å². The van der Waals surface area contributed by atoms with Crippen LogP contribution in [0.4, 0.5) is 4.39 Å². The van der Waals surface area contributed by atoms with Crippen molar-refractivity contribution in [3.63, 3.8) is 0 Å². The molecule has 5 nitrogen and oxygen atoms in total. The molecular weight excluding hydrogens is 327 g/mol. The Bertz CT molecular complexity index is 787. The minimum atomic E-state index is -1.04. The highest BCUT2D eigenvalue weighted by atomic mass is 19.1. The number of aryl methyl sites for hydroxylation is 1. The smallest absolute Gasteiger partial charge is 0.379 e. The van der Waals surface area contributed by atoms with Crippen molar-refractivity contribution >= 4 is 17.5 Å². The van der Waals surface area contributed by atoms with Crippen LogP contribution in [0, 0.1) is 5.82 Å². The number of esters is 1. The summed E-state index contributed by atoms with van der Waals surface area (Å²) in [4.78, 5) is 22.9. The van der Waals surface area contributed by atoms with Crippen molar-refractivity contribution in [1.29, 1.82) is 0 Å². The summed E-state index contributed by atoms with van der Waals surface area (Å²) < 4.78 is 23.2. The number of ketones is 1. The highest BCUT2D eigenvalue weighted by Crippen LogP contribution is 2.24. The zero-order valence-electron chi connectivity index (χ0n) is 14.0. The number of aliphatic hydroxyl groups is 1. The van der Waals surface area contributed by atoms with E-state index in [1.807, 2.05) is 6.92 Å². The van der Waals surface area contributed by atoms with E-state index in [4.69, 9.17) is 4.42 Å². The van der Waals surface area contributed by atoms with E-state index in [0.29, 0.717) is 18.6 Å². The second-order valence-electron chi connectivity index (χ2n) is 5.33. The average molecular weight is 346 g/mol. The predicted octanol–water partition coefficient (Wildman–Crippen LogP) is 3.60. The molecular formula is C19H19FO5. The molecule has 0 saturated heterocycles. The third-order valence-electron chi connectivity index (χ3n) is 3.55. The molecule has 0 aliphatic heterocycles. The van der Waals surface area contributed by atoms with Gasteiger partial charge < -0.3 is 14.3 Å². The molecule has 1 aromatic heterocycles. The van der Waals surface area contributed by atoms with Crippen LogP contribution in [0.3, 0.4) is 0 Å². The van der Waals surface area contributed by atoms with Crippen LogP contribution in [0.1, 0.15) is 36.5 Å². The van der Waals surface area contributed by atoms with Gasteiger partial charge in [0.05, 0.1) is 6.61 Å². The van der Waals surface area contributed by atoms with Crippen LogP contribution in [0.2, 0.25) is 0 Å². The van der Waals surface area contributed by atoms with Gasteiger partial charge in [0.1, 0.15) is 11.6 Å². The third-order valence-corrected chi connectivity index (χ3v) is 3.55. The average Bonchev–Trinajstić information content (AvgIpc) is 3.00. The van der Waals surface area contributed by atoms with E-state index >= 15 is 0 Å². The van der Waals surface area contributed by atoms with Gasteiger partial charge in [-0.1, -0.05) is 19.1 Å². The fourth-order valence-electron chi connectivity index (χ4n) is 2.29. The van der Waals surface area contributed by atoms with Crippen molar-refractivity contribution in [2.24, 2.45) is 0 Å². The molecule has 25 heavy (non-hydrogen) atoms. The van der Waals surface area contributed by atoms with Crippen molar-refractivity contribution in [3.05, 3.63) is 64.9 Å². The van der Waals surface area contributed by atoms with Gasteiger partial charge in [-0.3, -0.25) is 4.79 Å². The lowest BCUT2D eigenvalue weighted by molar-refractivity contribution is -0.151. The Labute approximate surface area is 144 Å². The van der Waals surface area contributed by atoms with Crippen LogP contribution in [0.15, 0.2) is 40.8 Å². The first kappa shape index (κ1) is 18.4. The number of furan rings is 1. The maximum absolute atomic E-state index is 13.0. The summed E-state index contributed by atoms with van der Waals surface area (Å²) in [6.45, 7) is 3.57. The highest BCUT2D eigenvalue weighted by molar-refractivity contribution is 6.39. The van der Waals surface area contributed by atoms with Gasteiger partial charge in [0.15, 0.2) is 11.5 Å². The summed E-state index contributed by atoms with van der Waals surface area (Å²) >= 11 is 0. The van der Waals surface area contributed by atoms with Crippen LogP contribution in [0.5, 0.6) is 0 Å². The molecule has 1 heterocycles. The lowest BCUT2D eigenvalue weighted by Gasteiger charge is -2.01. The normalized spacial score (nSPS) is 11.4. The SMILES string of the molecule is CCOC(=O)C(=O)C=C(O)c1cc(CC)c(Cc2ccc(F)cc2)o1. The van der Waals surface area contributed by atoms with Crippen molar-refractivity contribution in [1.82, 2.24) is 0 Å². The highest BCUT2D eigenvalue weighted by Gasteiger charge is 2.17. The Balaban J connectivity index is 2.22. The second kappa shape index (κ2) is 8.28. The zero-order chi connectivity index (χ0) is 18.4. The molecule has 0 spiro atoms. The van der Waals surface area contributed by atoms with E-state index in [0.717, 1.165) is 17.2 Å². The zero-order valence-corrected chi connectivity index (χ0v) is 14.0. The summed E-state index contributed by atoms with van der Waals surface area (Å²) in [5.74, 6) is -2.08. The Hall–Kier alpha value is -2.89. The van der Waals surface area contributed by atoms with Gasteiger partial charge >= 0.3 is 5.97 Å². The topological polar surface area (TPSA) is 76.7 Å². The van der Waals surface area contributed by atoms with Gasteiger partial charge in [0.2, 0.25) is 0 Å². The predicted molar refractivity (Wildman–Crippen MR) is 89.5 cm³/mol. The molecule has 0 aliphatic carbocycles. The number of benzene rings is 1. The molecule has 0 aliphatic rings. The van der Waals surface area contributed by atoms with Crippen LogP contribution in [-0.4, -0.2) is 23.5 Å². The quantitative estimate of drug-likeness (QED) is 0.359. The lowest BCUT2D eigenvalue weighted by atomic mass is 10.1. The van der Waals surface area contributed by atoms with Crippen molar-refractivity contribution < 1.29 is 28.2 Å². The molecule has 0 unspecified atom stereocenters. The van der Waals surface area contributed by atoms with Gasteiger partial charge in [-0.25, -0.2) is 9.18 Å². The summed E-state index contributed by atoms with van der Waals surface area (Å²) in [7, 11) is 0. The fraction of sp³-hybridized carbons (Fsp3) is 0.263. The molecule has 0 fully saturated rings. The number of hydrogen-bond donors (Lipinski definition) is 1. The monoisotopic (exact) mass is 346 g/mol. The summed E-state index contributed by atoms with van der Waals surface area (Å²) in [5.41, 5.74) is 1.70. The molecule has 132 valence electrons. The number of rotatable bonds is 7. The molecule has 0 atom stereocenters. The van der Waals surface area contributed by atoms with E-state index in [-0.39, 0.29) is 18.2 Å². The number of carbonyl (C=O) groups is 2. The maximum Gasteiger partial charge on any atom is 0.379 e. The van der Waals surface area contributed by atoms with Gasteiger partial charge in [-0.05, 0) is 42.7 Å². The number of ether oxygens (including phenoxy) is 1. The Morgan fingerprint density at radius 1 is 1.24 bits per heavy atom. The number of carbonyl (C=O) groups excluding carboxylic acids is 2. The Kier molecular flexibility index (Phi) is 6.11. The van der Waals surface area contributed by atoms with Crippen molar-refractivity contribution in [2.75, 3.05) is 6.61 Å². The molecule has 1 N–H and O–H groups in total. The minimum absolute atomic E-state index is 0.0712. The molecule has 6 heteroatoms. The maximum atomic E-state index is 13.0. The van der Waals surface area contributed by atoms with E-state index < -0.39 is 17.5 Å². The van der Waals surface area contributed by atoms with Crippen LogP contribution < -0.4 is 0 Å². The standard InChI is InChI=1S/C19H19FO5/c1-3-13-10-18(15(21)11-16(22)19(23)24-4-2)25-17(13)9-12-5-7-14(20)8-6-12/h5-8,10-11,21H,3-4,9H2,1-2H3. The van der Waals surface area contributed by atoms with Crippen molar-refractivity contribution in [3.8, 4) is 0 Å². The lowest BCUT2D eigenvalue weighted by Crippen LogP contribution is -2.15. The Morgan fingerprint density at radius 2 is 1.92 bits per heavy atom. The van der Waals surface area contributed by atoms with E-state index in [9.17, 15) is 19.1 Å². The molecule has 2 aromatic rings. The molecule has 2 rings (SSSR count). The van der Waals surface area contributed by atoms with E-state index in [2.05, 4.69) is 4.74 Å². The second-order valence-corrected chi connectivity index (χ2v) is 5.33. The summed E-state index contributed by atoms with van der Waals surface area (Å²) in [6.07, 6.45) is 1.85. The molecule has 0 radical (unpaired) electrons. The molecule has 0 amide bonds. The van der Waals surface area contributed by atoms with Crippen LogP contribution >= 0.6 is 0 Å². The number of hydrogen-bond acceptors (Lipinski definition) is 5. The first-order valence-electron chi connectivity index (χ1n) is 7.92. The number of aliphatic hydroxyl groups excluding tert-OH is 1. The van der Waals surface area contributed by atoms with Crippen LogP contribution in [-0.2, 0) is 27.2 Å². The minimum Gasteiger partial charge on any atom is -0.504 e. The Morgan fingerprint density at radius 3 is 2.52 bits per heavy atom. The summed E-state index contributed by atoms with van der Waals surface area (Å²) in [5, 5.41) is 10.0. The molecule has 0 bridgehead atoms. The van der Waals surface area contributed by atoms with Crippen molar-refractivity contribution in [2.45, 2.75) is 26.7 Å². The van der Waals surface area contributed by atoms with Gasteiger partial charge in [0.25, 0.3) is 5.78 Å². The third kappa shape index (κ3) is 4.79. The fourth-order valence-corrected chi connectivity index (χ4v) is 2.29. The van der Waals surface area contributed by atoms with E-state index in [1.54, 1.807) is 25.1 Å². The molecule has 0 saturated carbocycles. The largest absolute Gasteiger partial charge is 0.504 e. The first-order valence-corrected chi connectivity index (χ1v) is 7.92. The van der Waals surface area contributed by atoms with Crippen LogP contribution in [0.25, 0.3) is 5.76 Å². The van der Waals surface area contributed by atoms with Gasteiger partial charge in [-0.15, -0.1) is 0 Å².